The fraction of sp³-hybridized carbons (Fsp3) is 0.909. The van der Waals surface area contributed by atoms with Crippen molar-refractivity contribution in [3.05, 3.63) is 0 Å². The van der Waals surface area contributed by atoms with Gasteiger partial charge in [-0.25, -0.2) is 0 Å². The molecule has 0 unspecified atom stereocenters. The van der Waals surface area contributed by atoms with Gasteiger partial charge >= 0.3 is 5.97 Å². The molecule has 0 amide bonds. The monoisotopic (exact) mass is 262 g/mol. The van der Waals surface area contributed by atoms with Gasteiger partial charge < -0.3 is 9.22 Å². The van der Waals surface area contributed by atoms with E-state index in [1.54, 1.807) is 0 Å². The molecule has 0 aliphatic heterocycles. The van der Waals surface area contributed by atoms with E-state index in [0.29, 0.717) is 6.42 Å². The quantitative estimate of drug-likeness (QED) is 0.427. The molecule has 0 radical (unpaired) electrons. The van der Waals surface area contributed by atoms with Crippen molar-refractivity contribution in [3.8, 4) is 0 Å². The van der Waals surface area contributed by atoms with Gasteiger partial charge in [-0.2, -0.15) is 0 Å². The SMILES string of the molecule is O=C(O)CCCCCCCCCC[SiH2]O[SiH3]. The summed E-state index contributed by atoms with van der Waals surface area (Å²) in [5, 5.41) is 8.45. The lowest BCUT2D eigenvalue weighted by Crippen LogP contribution is -1.94. The molecule has 0 aliphatic carbocycles. The molecular formula is C11H26O3Si2. The lowest BCUT2D eigenvalue weighted by atomic mass is 10.1. The predicted molar refractivity (Wildman–Crippen MR) is 73.6 cm³/mol. The fourth-order valence-corrected chi connectivity index (χ4v) is 3.47. The number of aliphatic carboxylic acids is 1. The molecule has 0 aromatic rings. The van der Waals surface area contributed by atoms with Crippen LogP contribution in [0.25, 0.3) is 0 Å². The van der Waals surface area contributed by atoms with E-state index in [0.717, 1.165) is 23.3 Å². The van der Waals surface area contributed by atoms with Gasteiger partial charge in [-0.1, -0.05) is 44.9 Å². The molecule has 0 rings (SSSR count). The van der Waals surface area contributed by atoms with E-state index in [9.17, 15) is 4.79 Å². The molecule has 0 aliphatic rings. The Morgan fingerprint density at radius 2 is 1.50 bits per heavy atom. The van der Waals surface area contributed by atoms with Crippen LogP contribution < -0.4 is 0 Å². The van der Waals surface area contributed by atoms with Crippen molar-refractivity contribution < 1.29 is 14.0 Å². The largest absolute Gasteiger partial charge is 0.481 e. The van der Waals surface area contributed by atoms with Gasteiger partial charge in [-0.15, -0.1) is 0 Å². The lowest BCUT2D eigenvalue weighted by molar-refractivity contribution is -0.137. The van der Waals surface area contributed by atoms with Crippen molar-refractivity contribution in [2.45, 2.75) is 63.8 Å². The molecule has 0 bridgehead atoms. The maximum Gasteiger partial charge on any atom is 0.303 e. The van der Waals surface area contributed by atoms with Crippen molar-refractivity contribution in [1.29, 1.82) is 0 Å². The molecule has 0 saturated heterocycles. The molecule has 0 saturated carbocycles. The number of hydrogen-bond acceptors (Lipinski definition) is 2. The lowest BCUT2D eigenvalue weighted by Gasteiger charge is -2.01. The van der Waals surface area contributed by atoms with Crippen LogP contribution in [-0.4, -0.2) is 31.3 Å². The van der Waals surface area contributed by atoms with Crippen molar-refractivity contribution >= 4 is 26.2 Å². The van der Waals surface area contributed by atoms with Gasteiger partial charge in [0.1, 0.15) is 20.2 Å². The second-order valence-electron chi connectivity index (χ2n) is 4.32. The molecule has 96 valence electrons. The van der Waals surface area contributed by atoms with Crippen LogP contribution in [0.5, 0.6) is 0 Å². The van der Waals surface area contributed by atoms with Gasteiger partial charge in [-0.3, -0.25) is 4.79 Å². The molecule has 1 N–H and O–H groups in total. The van der Waals surface area contributed by atoms with Gasteiger partial charge in [-0.05, 0) is 12.5 Å². The Balaban J connectivity index is 2.90. The number of carbonyl (C=O) groups is 1. The Kier molecular flexibility index (Phi) is 12.8. The normalized spacial score (nSPS) is 11.5. The summed E-state index contributed by atoms with van der Waals surface area (Å²) in [6.07, 6.45) is 10.1. The number of rotatable bonds is 12. The molecule has 5 heteroatoms. The molecule has 0 aromatic carbocycles. The maximum atomic E-state index is 10.3. The van der Waals surface area contributed by atoms with Gasteiger partial charge in [0, 0.05) is 6.42 Å². The van der Waals surface area contributed by atoms with E-state index in [2.05, 4.69) is 0 Å². The number of hydrogen-bond donors (Lipinski definition) is 1. The summed E-state index contributed by atoms with van der Waals surface area (Å²) in [7, 11) is 0.798. The Morgan fingerprint density at radius 1 is 1.00 bits per heavy atom. The van der Waals surface area contributed by atoms with Crippen molar-refractivity contribution in [2.24, 2.45) is 0 Å². The van der Waals surface area contributed by atoms with Gasteiger partial charge in [0.25, 0.3) is 0 Å². The first-order chi connectivity index (χ1) is 7.77. The topological polar surface area (TPSA) is 46.5 Å². The van der Waals surface area contributed by atoms with Gasteiger partial charge in [0.2, 0.25) is 0 Å². The standard InChI is InChI=1S/C11H26O3Si2/c12-11(13)9-7-5-3-1-2-4-6-8-10-16-14-15/h1-10,16H2,15H3,(H,12,13). The first-order valence-electron chi connectivity index (χ1n) is 6.48. The van der Waals surface area contributed by atoms with Crippen LogP contribution >= 0.6 is 0 Å². The van der Waals surface area contributed by atoms with E-state index in [1.165, 1.54) is 44.6 Å². The first-order valence-corrected chi connectivity index (χ1v) is 8.87. The third kappa shape index (κ3) is 13.9. The molecular weight excluding hydrogens is 236 g/mol. The van der Waals surface area contributed by atoms with Crippen LogP contribution in [0, 0.1) is 0 Å². The van der Waals surface area contributed by atoms with E-state index in [4.69, 9.17) is 9.22 Å². The van der Waals surface area contributed by atoms with E-state index < -0.39 is 5.97 Å². The first kappa shape index (κ1) is 15.9. The zero-order chi connectivity index (χ0) is 12.1. The average Bonchev–Trinajstić information content (AvgIpc) is 2.25. The summed E-state index contributed by atoms with van der Waals surface area (Å²) in [5.74, 6) is -0.662. The van der Waals surface area contributed by atoms with Crippen LogP contribution in [0.3, 0.4) is 0 Å². The second-order valence-corrected chi connectivity index (χ2v) is 7.74. The third-order valence-corrected chi connectivity index (χ3v) is 5.16. The highest BCUT2D eigenvalue weighted by atomic mass is 28.3. The van der Waals surface area contributed by atoms with Crippen molar-refractivity contribution in [1.82, 2.24) is 0 Å². The molecule has 0 fully saturated rings. The molecule has 0 heterocycles. The minimum atomic E-state index is -0.662. The highest BCUT2D eigenvalue weighted by Crippen LogP contribution is 2.10. The average molecular weight is 262 g/mol. The van der Waals surface area contributed by atoms with Crippen molar-refractivity contribution in [2.75, 3.05) is 0 Å². The van der Waals surface area contributed by atoms with E-state index in [-0.39, 0.29) is 9.76 Å². The van der Waals surface area contributed by atoms with Crippen LogP contribution in [0.4, 0.5) is 0 Å². The Labute approximate surface area is 104 Å². The number of carboxylic acids is 1. The minimum Gasteiger partial charge on any atom is -0.481 e. The summed E-state index contributed by atoms with van der Waals surface area (Å²) in [5.41, 5.74) is 0. The third-order valence-electron chi connectivity index (χ3n) is 2.74. The summed E-state index contributed by atoms with van der Waals surface area (Å²) in [4.78, 5) is 10.3. The highest BCUT2D eigenvalue weighted by molar-refractivity contribution is 6.34. The van der Waals surface area contributed by atoms with E-state index >= 15 is 0 Å². The summed E-state index contributed by atoms with van der Waals surface area (Å²) in [6.45, 7) is 0. The Hall–Kier alpha value is -0.136. The molecule has 16 heavy (non-hydrogen) atoms. The minimum absolute atomic E-state index is 0.131. The van der Waals surface area contributed by atoms with Crippen LogP contribution in [0.1, 0.15) is 57.8 Å². The Bertz CT molecular complexity index is 165. The van der Waals surface area contributed by atoms with Crippen LogP contribution in [0.2, 0.25) is 6.04 Å². The molecule has 0 spiro atoms. The van der Waals surface area contributed by atoms with E-state index in [1.807, 2.05) is 0 Å². The number of carboxylic acid groups (broad SMARTS) is 1. The van der Waals surface area contributed by atoms with Gasteiger partial charge in [0.15, 0.2) is 0 Å². The summed E-state index contributed by atoms with van der Waals surface area (Å²) < 4.78 is 5.26. The van der Waals surface area contributed by atoms with Crippen molar-refractivity contribution in [3.63, 3.8) is 0 Å². The Morgan fingerprint density at radius 3 is 2.00 bits per heavy atom. The van der Waals surface area contributed by atoms with Gasteiger partial charge in [0.05, 0.1) is 0 Å². The van der Waals surface area contributed by atoms with Crippen LogP contribution in [0.15, 0.2) is 0 Å². The fourth-order valence-electron chi connectivity index (χ4n) is 1.76. The summed E-state index contributed by atoms with van der Waals surface area (Å²) >= 11 is 0. The molecule has 0 atom stereocenters. The smallest absolute Gasteiger partial charge is 0.303 e. The highest BCUT2D eigenvalue weighted by Gasteiger charge is 1.96. The second kappa shape index (κ2) is 12.9. The molecule has 3 nitrogen and oxygen atoms in total. The summed E-state index contributed by atoms with van der Waals surface area (Å²) in [6, 6.07) is 1.35. The maximum absolute atomic E-state index is 10.3. The zero-order valence-corrected chi connectivity index (χ0v) is 14.0. The molecule has 0 aromatic heterocycles. The van der Waals surface area contributed by atoms with Crippen LogP contribution in [-0.2, 0) is 8.91 Å². The number of unbranched alkanes of at least 4 members (excludes halogenated alkanes) is 7. The zero-order valence-electron chi connectivity index (χ0n) is 10.5. The predicted octanol–water partition coefficient (Wildman–Crippen LogP) is 1.38.